The number of carbonyl (C=O) groups excluding carboxylic acids is 4. The molecule has 0 saturated carbocycles. The molecule has 123 heavy (non-hydrogen) atoms. The number of benzene rings is 7. The van der Waals surface area contributed by atoms with Crippen LogP contribution >= 0.6 is 23.2 Å². The number of phenols is 1. The van der Waals surface area contributed by atoms with Gasteiger partial charge in [0.2, 0.25) is 0 Å². The maximum Gasteiger partial charge on any atom is 0.416 e. The normalized spacial score (nSPS) is 16.9. The van der Waals surface area contributed by atoms with Crippen LogP contribution < -0.4 is 24.5 Å². The molecule has 4 saturated heterocycles. The van der Waals surface area contributed by atoms with Crippen molar-refractivity contribution < 1.29 is 63.6 Å². The number of rotatable bonds is 4. The van der Waals surface area contributed by atoms with Gasteiger partial charge in [0.05, 0.1) is 57.2 Å². The molecule has 0 bridgehead atoms. The van der Waals surface area contributed by atoms with E-state index >= 15 is 0 Å². The van der Waals surface area contributed by atoms with Gasteiger partial charge in [-0.3, -0.25) is 28.7 Å². The number of phenolic OH excluding ortho intramolecular Hbond substituents is 1. The highest BCUT2D eigenvalue weighted by Crippen LogP contribution is 2.52. The van der Waals surface area contributed by atoms with Crippen LogP contribution in [0.2, 0.25) is 10.0 Å². The van der Waals surface area contributed by atoms with E-state index in [2.05, 4.69) is 89.5 Å². The van der Waals surface area contributed by atoms with E-state index in [1.54, 1.807) is 60.5 Å². The lowest BCUT2D eigenvalue weighted by atomic mass is 9.81. The molecule has 4 amide bonds. The molecule has 8 aliphatic heterocycles. The minimum absolute atomic E-state index is 0. The molecule has 4 spiro atoms. The molecule has 4 fully saturated rings. The summed E-state index contributed by atoms with van der Waals surface area (Å²) >= 11 is 12.3. The molecule has 2 N–H and O–H groups in total. The summed E-state index contributed by atoms with van der Waals surface area (Å²) in [6, 6.07) is 59.3. The Kier molecular flexibility index (Phi) is 20.7. The molecular formula is C96H93Cl2F4N11O10. The van der Waals surface area contributed by atoms with Crippen molar-refractivity contribution in [3.8, 4) is 57.1 Å². The summed E-state index contributed by atoms with van der Waals surface area (Å²) in [5.41, 5.74) is 10.8. The summed E-state index contributed by atoms with van der Waals surface area (Å²) in [6.07, 6.45) is 8.49. The average molecular weight is 1710 g/mol. The molecule has 6 aromatic heterocycles. The van der Waals surface area contributed by atoms with E-state index in [0.717, 1.165) is 104 Å². The molecule has 8 aliphatic rings. The predicted octanol–water partition coefficient (Wildman–Crippen LogP) is 19.1. The number of carbonyl (C=O) groups is 4. The molecule has 21 rings (SSSR count). The number of likely N-dealkylation sites (tertiary alicyclic amines) is 4. The van der Waals surface area contributed by atoms with Crippen molar-refractivity contribution in [1.82, 2.24) is 52.6 Å². The van der Waals surface area contributed by atoms with Gasteiger partial charge < -0.3 is 66.9 Å². The molecule has 21 nitrogen and oxygen atoms in total. The zero-order chi connectivity index (χ0) is 85.8. The van der Waals surface area contributed by atoms with Gasteiger partial charge in [0.15, 0.2) is 16.8 Å². The summed E-state index contributed by atoms with van der Waals surface area (Å²) in [5, 5.41) is 16.2. The molecule has 0 unspecified atom stereocenters. The number of nitrogens with one attached hydrogen (secondary N) is 1. The van der Waals surface area contributed by atoms with Crippen molar-refractivity contribution in [3.63, 3.8) is 0 Å². The minimum Gasteiger partial charge on any atom is -0.508 e. The van der Waals surface area contributed by atoms with Crippen LogP contribution in [-0.2, 0) is 48.1 Å². The second-order valence-corrected chi connectivity index (χ2v) is 34.7. The highest BCUT2D eigenvalue weighted by atomic mass is 35.5. The predicted molar refractivity (Wildman–Crippen MR) is 463 cm³/mol. The Morgan fingerprint density at radius 2 is 1.01 bits per heavy atom. The number of nitrogens with zero attached hydrogens (tertiary/aromatic N) is 10. The Morgan fingerprint density at radius 3 is 1.56 bits per heavy atom. The molecule has 7 aromatic carbocycles. The fourth-order valence-electron chi connectivity index (χ4n) is 19.0. The quantitative estimate of drug-likeness (QED) is 0.158. The summed E-state index contributed by atoms with van der Waals surface area (Å²) in [7, 11) is 3.58. The number of hydrogen-bond donors (Lipinski definition) is 2. The summed E-state index contributed by atoms with van der Waals surface area (Å²) in [4.78, 5) is 74.4. The monoisotopic (exact) mass is 1710 g/mol. The zero-order valence-electron chi connectivity index (χ0n) is 68.5. The highest BCUT2D eigenvalue weighted by Gasteiger charge is 2.50. The Labute approximate surface area is 719 Å². The number of ether oxygens (including phenoxy) is 4. The zero-order valence-corrected chi connectivity index (χ0v) is 70.0. The number of piperidine rings is 4. The standard InChI is InChI=1S/C27H30N2O2.C24H22N4O3.C23H17ClF4N2O2.C22H20ClN3O3.2H2/c1-19-18-20(11-12-21(19)26(2,3)4)25(30)28-16-13-27(14-17-28)24-10-7-15-29(24)22-8-5-6-9-23(22)31-27;1-27-22-17-4-2-3-5-21(17)31-24(18(22)14-25-27)8-10-28(11-9-24)23(30)20-13-15-12-16(29)6-7-19(15)26-20;24-15-4-6-18-19(13-15)32-22(20-2-1-9-30(18)20)7-10-29(11-8-22)21(31)16-5-3-14(12-17(16)25)23(26,27)28;1-24-17(4-2-6-20(24)27)21(28)25-12-9-22(10-13-25)19-5-3-11-26(19)16-8-7-15(23)14-18(16)29-22;;/h5-12,15,18H,13-14,16-17H2,1-4H3;2-7,12-14,26,29H,8-11H2,1H3;1-6,9,12-13H,7-8,10-11H2;2-8,11,14H,9-10,12-13H2,1H3;2*1H. The van der Waals surface area contributed by atoms with E-state index in [4.69, 9.17) is 42.1 Å². The third kappa shape index (κ3) is 14.8. The van der Waals surface area contributed by atoms with Crippen LogP contribution in [0, 0.1) is 12.7 Å². The second kappa shape index (κ2) is 31.3. The van der Waals surface area contributed by atoms with Crippen molar-refractivity contribution >= 4 is 57.7 Å². The number of amides is 4. The largest absolute Gasteiger partial charge is 0.508 e. The van der Waals surface area contributed by atoms with Crippen LogP contribution in [0.3, 0.4) is 0 Å². The Hall–Kier alpha value is -12.7. The van der Waals surface area contributed by atoms with Gasteiger partial charge in [0.25, 0.3) is 29.2 Å². The molecule has 14 heterocycles. The van der Waals surface area contributed by atoms with Gasteiger partial charge in [-0.15, -0.1) is 0 Å². The van der Waals surface area contributed by atoms with Crippen LogP contribution in [0.4, 0.5) is 17.6 Å². The van der Waals surface area contributed by atoms with Gasteiger partial charge in [-0.2, -0.15) is 18.3 Å². The lowest BCUT2D eigenvalue weighted by molar-refractivity contribution is -0.137. The molecule has 27 heteroatoms. The number of fused-ring (bicyclic) bond motifs is 17. The number of pyridine rings is 1. The molecular weight excluding hydrogens is 1610 g/mol. The number of H-pyrrole nitrogens is 1. The number of hydrogen-bond acceptors (Lipinski definition) is 11. The van der Waals surface area contributed by atoms with Crippen molar-refractivity contribution in [1.29, 1.82) is 0 Å². The lowest BCUT2D eigenvalue weighted by Gasteiger charge is -2.45. The van der Waals surface area contributed by atoms with Gasteiger partial charge in [0, 0.05) is 195 Å². The number of alkyl halides is 3. The van der Waals surface area contributed by atoms with Gasteiger partial charge in [-0.1, -0.05) is 80.4 Å². The molecule has 0 atom stereocenters. The summed E-state index contributed by atoms with van der Waals surface area (Å²) in [6.45, 7) is 12.9. The van der Waals surface area contributed by atoms with Crippen LogP contribution in [0.5, 0.6) is 28.7 Å². The minimum atomic E-state index is -4.67. The first-order chi connectivity index (χ1) is 59.0. The van der Waals surface area contributed by atoms with Gasteiger partial charge in [0.1, 0.15) is 51.6 Å². The number of aromatic amines is 1. The van der Waals surface area contributed by atoms with E-state index in [1.165, 1.54) is 32.4 Å². The van der Waals surface area contributed by atoms with Gasteiger partial charge in [-0.05, 0) is 169 Å². The van der Waals surface area contributed by atoms with Crippen molar-refractivity contribution in [2.24, 2.45) is 14.1 Å². The molecule has 13 aromatic rings. The van der Waals surface area contributed by atoms with Crippen molar-refractivity contribution in [2.75, 3.05) is 52.4 Å². The number of para-hydroxylation sites is 3. The Balaban J connectivity index is 0.000000122. The molecule has 634 valence electrons. The maximum atomic E-state index is 14.3. The van der Waals surface area contributed by atoms with Crippen LogP contribution in [0.15, 0.2) is 230 Å². The fraction of sp³-hybridized carbons (Fsp3) is 0.292. The lowest BCUT2D eigenvalue weighted by Crippen LogP contribution is -2.50. The van der Waals surface area contributed by atoms with E-state index < -0.39 is 40.3 Å². The number of aromatic nitrogens is 7. The van der Waals surface area contributed by atoms with Crippen LogP contribution in [0.25, 0.3) is 39.2 Å². The maximum absolute atomic E-state index is 14.3. The Bertz CT molecular complexity index is 6410. The van der Waals surface area contributed by atoms with E-state index in [-0.39, 0.29) is 61.6 Å². The molecule has 0 aliphatic carbocycles. The van der Waals surface area contributed by atoms with Crippen LogP contribution in [-0.4, -0.2) is 134 Å². The van der Waals surface area contributed by atoms with Gasteiger partial charge in [-0.25, -0.2) is 4.39 Å². The summed E-state index contributed by atoms with van der Waals surface area (Å²) < 4.78 is 88.5. The third-order valence-electron chi connectivity index (χ3n) is 25.4. The topological polar surface area (TPSA) is 209 Å². The average Bonchev–Trinajstić information content (AvgIpc) is 1.72. The SMILES string of the molecule is Cc1cc(C(=O)N2CCC3(CC2)Oc2ccccc2-n2cccc23)ccc1C(C)(C)C.Cn1c(C(=O)N2CCC3(CC2)Oc2cc(Cl)ccc2-n2cccc23)cccc1=O.Cn1ncc2c1-c1ccccc1OC21CCN(C(=O)c2cc3cc(O)ccc3[nH]2)CC1.O=C(c1ccc(C(F)(F)F)cc1F)N1CCC2(CC1)Oc1cc(Cl)ccc1-n1cccc12.[HH].[HH]. The first kappa shape index (κ1) is 81.3. The van der Waals surface area contributed by atoms with Crippen molar-refractivity contribution in [2.45, 2.75) is 113 Å². The number of aromatic hydroxyl groups is 1. The smallest absolute Gasteiger partial charge is 0.416 e. The van der Waals surface area contributed by atoms with E-state index in [1.807, 2.05) is 136 Å². The van der Waals surface area contributed by atoms with Gasteiger partial charge >= 0.3 is 6.18 Å². The number of aryl methyl sites for hydroxylation is 2. The Morgan fingerprint density at radius 1 is 0.504 bits per heavy atom. The van der Waals surface area contributed by atoms with Crippen LogP contribution in [0.1, 0.15) is 156 Å². The summed E-state index contributed by atoms with van der Waals surface area (Å²) in [5.74, 6) is 1.49. The highest BCUT2D eigenvalue weighted by molar-refractivity contribution is 6.31. The first-order valence-electron chi connectivity index (χ1n) is 41.2. The molecule has 0 radical (unpaired) electrons. The second-order valence-electron chi connectivity index (χ2n) is 33.8. The number of halogens is 6. The van der Waals surface area contributed by atoms with E-state index in [0.29, 0.717) is 111 Å². The fourth-order valence-corrected chi connectivity index (χ4v) is 19.3. The van der Waals surface area contributed by atoms with Crippen molar-refractivity contribution in [3.05, 3.63) is 313 Å². The third-order valence-corrected chi connectivity index (χ3v) is 25.9. The first-order valence-corrected chi connectivity index (χ1v) is 42.0. The van der Waals surface area contributed by atoms with E-state index in [9.17, 15) is 46.6 Å².